The predicted octanol–water partition coefficient (Wildman–Crippen LogP) is 3.19. The highest BCUT2D eigenvalue weighted by Gasteiger charge is 2.32. The second kappa shape index (κ2) is 8.90. The maximum absolute atomic E-state index is 14.0. The number of nitrogens with one attached hydrogen (secondary N) is 1. The molecule has 2 heterocycles. The summed E-state index contributed by atoms with van der Waals surface area (Å²) in [7, 11) is 1.33. The van der Waals surface area contributed by atoms with Crippen LogP contribution in [0.15, 0.2) is 18.2 Å². The molecule has 1 N–H and O–H groups in total. The van der Waals surface area contributed by atoms with E-state index in [0.29, 0.717) is 35.4 Å². The third-order valence-corrected chi connectivity index (χ3v) is 4.30. The lowest BCUT2D eigenvalue weighted by Gasteiger charge is -2.18. The summed E-state index contributed by atoms with van der Waals surface area (Å²) < 4.78 is 24.8. The number of hydrogen-bond acceptors (Lipinski definition) is 6. The molecule has 1 aromatic heterocycles. The van der Waals surface area contributed by atoms with Crippen LogP contribution in [0.5, 0.6) is 5.75 Å². The molecule has 7 heteroatoms. The maximum Gasteiger partial charge on any atom is 0.323 e. The number of aryl methyl sites for hydroxylation is 1. The minimum absolute atomic E-state index is 0.148. The Morgan fingerprint density at radius 2 is 2.00 bits per heavy atom. The zero-order valence-electron chi connectivity index (χ0n) is 16.3. The lowest BCUT2D eigenvalue weighted by molar-refractivity contribution is -0.142. The Morgan fingerprint density at radius 1 is 1.30 bits per heavy atom. The van der Waals surface area contributed by atoms with Crippen LogP contribution >= 0.6 is 0 Å². The second-order valence-electron chi connectivity index (χ2n) is 6.05. The Labute approximate surface area is 158 Å². The third kappa shape index (κ3) is 4.24. The number of methoxy groups -OCH3 is 1. The van der Waals surface area contributed by atoms with Gasteiger partial charge >= 0.3 is 5.97 Å². The zero-order valence-corrected chi connectivity index (χ0v) is 16.3. The molecule has 0 aliphatic carbocycles. The number of pyridine rings is 1. The highest BCUT2D eigenvalue weighted by atomic mass is 19.1. The Balaban J connectivity index is 0.00000126. The average Bonchev–Trinajstić information content (AvgIpc) is 3.12. The van der Waals surface area contributed by atoms with Gasteiger partial charge in [0.15, 0.2) is 11.5 Å². The molecule has 0 radical (unpaired) electrons. The lowest BCUT2D eigenvalue weighted by atomic mass is 10.0. The molecule has 2 unspecified atom stereocenters. The van der Waals surface area contributed by atoms with Gasteiger partial charge in [-0.2, -0.15) is 0 Å². The number of halogens is 1. The van der Waals surface area contributed by atoms with E-state index in [9.17, 15) is 14.0 Å². The second-order valence-corrected chi connectivity index (χ2v) is 6.05. The number of nitrogens with zero attached hydrogens (tertiary/aromatic N) is 1. The minimum Gasteiger partial charge on any atom is -0.486 e. The predicted molar refractivity (Wildman–Crippen MR) is 101 cm³/mol. The number of ether oxygens (including phenoxy) is 2. The van der Waals surface area contributed by atoms with Gasteiger partial charge in [-0.05, 0) is 19.9 Å². The summed E-state index contributed by atoms with van der Waals surface area (Å²) in [5.74, 6) is -0.731. The van der Waals surface area contributed by atoms with Gasteiger partial charge in [-0.15, -0.1) is 0 Å². The molecule has 0 bridgehead atoms. The number of hydrogen-bond donors (Lipinski definition) is 1. The first-order valence-corrected chi connectivity index (χ1v) is 9.00. The van der Waals surface area contributed by atoms with Gasteiger partial charge in [0.2, 0.25) is 0 Å². The molecular weight excluding hydrogens is 351 g/mol. The van der Waals surface area contributed by atoms with E-state index in [1.165, 1.54) is 26.2 Å². The van der Waals surface area contributed by atoms with Crippen LogP contribution in [-0.4, -0.2) is 42.5 Å². The number of carbonyl (C=O) groups is 2. The van der Waals surface area contributed by atoms with Crippen molar-refractivity contribution in [2.45, 2.75) is 46.3 Å². The van der Waals surface area contributed by atoms with Crippen LogP contribution < -0.4 is 10.1 Å². The molecule has 1 saturated heterocycles. The van der Waals surface area contributed by atoms with Crippen LogP contribution in [0.4, 0.5) is 4.39 Å². The fourth-order valence-corrected chi connectivity index (χ4v) is 3.13. The van der Waals surface area contributed by atoms with Crippen LogP contribution in [0.25, 0.3) is 10.9 Å². The van der Waals surface area contributed by atoms with E-state index in [1.807, 2.05) is 13.8 Å². The van der Waals surface area contributed by atoms with Crippen LogP contribution in [0.1, 0.15) is 43.2 Å². The van der Waals surface area contributed by atoms with Gasteiger partial charge < -0.3 is 14.8 Å². The van der Waals surface area contributed by atoms with Crippen molar-refractivity contribution in [2.75, 3.05) is 13.7 Å². The van der Waals surface area contributed by atoms with E-state index in [4.69, 9.17) is 9.47 Å². The van der Waals surface area contributed by atoms with Crippen LogP contribution in [0, 0.1) is 12.7 Å². The van der Waals surface area contributed by atoms with Crippen LogP contribution in [0.3, 0.4) is 0 Å². The van der Waals surface area contributed by atoms with E-state index in [0.717, 1.165) is 0 Å². The summed E-state index contributed by atoms with van der Waals surface area (Å²) in [6.07, 6.45) is 0.110. The monoisotopic (exact) mass is 376 g/mol. The van der Waals surface area contributed by atoms with E-state index in [1.54, 1.807) is 13.0 Å². The van der Waals surface area contributed by atoms with Gasteiger partial charge in [0, 0.05) is 18.4 Å². The quantitative estimate of drug-likeness (QED) is 0.652. The summed E-state index contributed by atoms with van der Waals surface area (Å²) in [5, 5.41) is 3.45. The van der Waals surface area contributed by atoms with Gasteiger partial charge in [-0.1, -0.05) is 26.0 Å². The van der Waals surface area contributed by atoms with Crippen molar-refractivity contribution >= 4 is 22.7 Å². The lowest BCUT2D eigenvalue weighted by Crippen LogP contribution is -2.31. The molecule has 0 spiro atoms. The normalized spacial score (nSPS) is 18.6. The fourth-order valence-electron chi connectivity index (χ4n) is 3.13. The van der Waals surface area contributed by atoms with Crippen molar-refractivity contribution in [3.8, 4) is 5.75 Å². The molecule has 0 saturated carbocycles. The SMILES string of the molecule is CC.COC(=O)C1CC(Oc2c(C)nc3c(F)cccc3c2C(C)=O)CN1. The Morgan fingerprint density at radius 3 is 2.63 bits per heavy atom. The summed E-state index contributed by atoms with van der Waals surface area (Å²) in [6, 6.07) is 4.05. The molecule has 1 fully saturated rings. The van der Waals surface area contributed by atoms with E-state index in [-0.39, 0.29) is 23.4 Å². The smallest absolute Gasteiger partial charge is 0.323 e. The number of aromatic nitrogens is 1. The third-order valence-electron chi connectivity index (χ3n) is 4.30. The molecule has 6 nitrogen and oxygen atoms in total. The standard InChI is InChI=1S/C18H19FN2O4.C2H6/c1-9-17(25-11-7-14(20-8-11)18(23)24-3)15(10(2)22)12-5-4-6-13(19)16(12)21-9;1-2/h4-6,11,14,20H,7-8H2,1-3H3;1-2H3. The molecule has 1 aliphatic heterocycles. The molecule has 1 aliphatic rings. The Hall–Kier alpha value is -2.54. The number of rotatable bonds is 4. The molecule has 146 valence electrons. The molecule has 2 atom stereocenters. The van der Waals surface area contributed by atoms with Gasteiger partial charge in [0.25, 0.3) is 0 Å². The van der Waals surface area contributed by atoms with Gasteiger partial charge in [0.05, 0.1) is 18.4 Å². The van der Waals surface area contributed by atoms with E-state index in [2.05, 4.69) is 10.3 Å². The number of para-hydroxylation sites is 1. The molecule has 2 aromatic rings. The van der Waals surface area contributed by atoms with Crippen molar-refractivity contribution in [3.05, 3.63) is 35.3 Å². The van der Waals surface area contributed by atoms with Gasteiger partial charge in [-0.25, -0.2) is 9.37 Å². The number of fused-ring (bicyclic) bond motifs is 1. The van der Waals surface area contributed by atoms with E-state index >= 15 is 0 Å². The first-order chi connectivity index (χ1) is 12.9. The fraction of sp³-hybridized carbons (Fsp3) is 0.450. The number of Topliss-reactive ketones (excluding diaryl/α,β-unsaturated/α-hetero) is 1. The Bertz CT molecular complexity index is 853. The first kappa shape index (κ1) is 20.8. The number of esters is 1. The topological polar surface area (TPSA) is 77.5 Å². The van der Waals surface area contributed by atoms with Crippen molar-refractivity contribution in [3.63, 3.8) is 0 Å². The largest absolute Gasteiger partial charge is 0.486 e. The van der Waals surface area contributed by atoms with Crippen molar-refractivity contribution in [1.82, 2.24) is 10.3 Å². The summed E-state index contributed by atoms with van der Waals surface area (Å²) in [6.45, 7) is 7.53. The molecular formula is C20H25FN2O4. The minimum atomic E-state index is -0.483. The average molecular weight is 376 g/mol. The summed E-state index contributed by atoms with van der Waals surface area (Å²) in [5.41, 5.74) is 0.891. The molecule has 1 aromatic carbocycles. The highest BCUT2D eigenvalue weighted by Crippen LogP contribution is 2.33. The van der Waals surface area contributed by atoms with Crippen LogP contribution in [0.2, 0.25) is 0 Å². The number of carbonyl (C=O) groups excluding carboxylic acids is 2. The summed E-state index contributed by atoms with van der Waals surface area (Å²) >= 11 is 0. The highest BCUT2D eigenvalue weighted by molar-refractivity contribution is 6.09. The first-order valence-electron chi connectivity index (χ1n) is 9.00. The van der Waals surface area contributed by atoms with Crippen molar-refractivity contribution in [1.29, 1.82) is 0 Å². The van der Waals surface area contributed by atoms with Crippen molar-refractivity contribution < 1.29 is 23.5 Å². The van der Waals surface area contributed by atoms with Crippen LogP contribution in [-0.2, 0) is 9.53 Å². The zero-order chi connectivity index (χ0) is 20.1. The molecule has 27 heavy (non-hydrogen) atoms. The molecule has 3 rings (SSSR count). The molecule has 0 amide bonds. The number of benzene rings is 1. The Kier molecular flexibility index (Phi) is 6.85. The number of ketones is 1. The van der Waals surface area contributed by atoms with Crippen molar-refractivity contribution in [2.24, 2.45) is 0 Å². The maximum atomic E-state index is 14.0. The van der Waals surface area contributed by atoms with Gasteiger partial charge in [0.1, 0.15) is 23.5 Å². The summed E-state index contributed by atoms with van der Waals surface area (Å²) in [4.78, 5) is 28.1. The van der Waals surface area contributed by atoms with Gasteiger partial charge in [-0.3, -0.25) is 9.59 Å². The van der Waals surface area contributed by atoms with E-state index < -0.39 is 11.9 Å².